The van der Waals surface area contributed by atoms with Gasteiger partial charge in [0.1, 0.15) is 73.2 Å². The van der Waals surface area contributed by atoms with Gasteiger partial charge in [0.2, 0.25) is 5.91 Å². The van der Waals surface area contributed by atoms with Crippen LogP contribution in [0.4, 0.5) is 0 Å². The minimum atomic E-state index is -1.94. The topological polar surface area (TPSA) is 278 Å². The molecule has 3 heterocycles. The zero-order chi connectivity index (χ0) is 27.6. The molecule has 0 aromatic heterocycles. The lowest BCUT2D eigenvalue weighted by molar-refractivity contribution is -0.372. The Bertz CT molecular complexity index is 745. The molecule has 0 saturated carbocycles. The van der Waals surface area contributed by atoms with Gasteiger partial charge in [0.15, 0.2) is 18.9 Å². The quantitative estimate of drug-likeness (QED) is 0.135. The van der Waals surface area contributed by atoms with Crippen molar-refractivity contribution in [2.24, 2.45) is 0 Å². The predicted octanol–water partition coefficient (Wildman–Crippen LogP) is -7.43. The molecule has 0 aliphatic carbocycles. The van der Waals surface area contributed by atoms with E-state index in [-0.39, 0.29) is 0 Å². The van der Waals surface area contributed by atoms with Gasteiger partial charge < -0.3 is 80.1 Å². The van der Waals surface area contributed by atoms with Crippen LogP contribution in [0.15, 0.2) is 0 Å². The van der Waals surface area contributed by atoms with Gasteiger partial charge in [-0.2, -0.15) is 0 Å². The first-order valence-corrected chi connectivity index (χ1v) is 11.6. The van der Waals surface area contributed by atoms with E-state index >= 15 is 0 Å². The van der Waals surface area contributed by atoms with Crippen LogP contribution in [0.5, 0.6) is 0 Å². The van der Waals surface area contributed by atoms with Gasteiger partial charge in [0.05, 0.1) is 19.8 Å². The molecule has 0 aromatic carbocycles. The van der Waals surface area contributed by atoms with Crippen molar-refractivity contribution in [3.05, 3.63) is 0 Å². The van der Waals surface area contributed by atoms with E-state index in [0.29, 0.717) is 0 Å². The molecule has 216 valence electrons. The van der Waals surface area contributed by atoms with Gasteiger partial charge in [0.25, 0.3) is 0 Å². The maximum absolute atomic E-state index is 11.6. The van der Waals surface area contributed by atoms with E-state index < -0.39 is 118 Å². The van der Waals surface area contributed by atoms with Crippen LogP contribution in [0, 0.1) is 0 Å². The van der Waals surface area contributed by atoms with Crippen LogP contribution < -0.4 is 5.32 Å². The van der Waals surface area contributed by atoms with Crippen molar-refractivity contribution < 1.29 is 79.5 Å². The fourth-order valence-corrected chi connectivity index (χ4v) is 4.46. The third-order valence-corrected chi connectivity index (χ3v) is 6.49. The van der Waals surface area contributed by atoms with Crippen molar-refractivity contribution in [3.8, 4) is 0 Å². The Kier molecular flexibility index (Phi) is 10.5. The second-order valence-corrected chi connectivity index (χ2v) is 9.07. The van der Waals surface area contributed by atoms with Gasteiger partial charge in [-0.15, -0.1) is 0 Å². The average molecular weight is 545 g/mol. The van der Waals surface area contributed by atoms with Gasteiger partial charge in [0, 0.05) is 6.92 Å². The summed E-state index contributed by atoms with van der Waals surface area (Å²) in [7, 11) is 0. The Morgan fingerprint density at radius 3 is 1.76 bits per heavy atom. The molecule has 0 radical (unpaired) electrons. The number of amides is 1. The zero-order valence-corrected chi connectivity index (χ0v) is 19.7. The van der Waals surface area contributed by atoms with Crippen LogP contribution in [0.2, 0.25) is 0 Å². The van der Waals surface area contributed by atoms with Crippen LogP contribution in [0.25, 0.3) is 0 Å². The Hall–Kier alpha value is -1.13. The highest BCUT2D eigenvalue weighted by Crippen LogP contribution is 2.32. The Balaban J connectivity index is 1.77. The molecule has 0 bridgehead atoms. The Labute approximate surface area is 210 Å². The highest BCUT2D eigenvalue weighted by atomic mass is 16.7. The summed E-state index contributed by atoms with van der Waals surface area (Å²) in [5.41, 5.74) is 0. The molecule has 15 unspecified atom stereocenters. The van der Waals surface area contributed by atoms with E-state index in [2.05, 4.69) is 5.32 Å². The van der Waals surface area contributed by atoms with Crippen molar-refractivity contribution in [1.29, 1.82) is 0 Å². The number of nitrogens with one attached hydrogen (secondary N) is 1. The molecule has 3 saturated heterocycles. The summed E-state index contributed by atoms with van der Waals surface area (Å²) in [6.45, 7) is -1.20. The fourth-order valence-electron chi connectivity index (χ4n) is 4.46. The molecule has 3 aliphatic rings. The summed E-state index contributed by atoms with van der Waals surface area (Å²) in [5, 5.41) is 103. The first-order valence-electron chi connectivity index (χ1n) is 11.6. The van der Waals surface area contributed by atoms with Gasteiger partial charge >= 0.3 is 0 Å². The number of hydrogen-bond donors (Lipinski definition) is 11. The molecule has 11 N–H and O–H groups in total. The average Bonchev–Trinajstić information content (AvgIpc) is 2.87. The Morgan fingerprint density at radius 1 is 0.649 bits per heavy atom. The van der Waals surface area contributed by atoms with Crippen molar-refractivity contribution in [1.82, 2.24) is 5.32 Å². The van der Waals surface area contributed by atoms with Crippen LogP contribution in [-0.2, 0) is 28.5 Å². The van der Waals surface area contributed by atoms with E-state index in [1.165, 1.54) is 0 Å². The lowest BCUT2D eigenvalue weighted by atomic mass is 9.95. The first-order chi connectivity index (χ1) is 17.4. The largest absolute Gasteiger partial charge is 0.394 e. The maximum atomic E-state index is 11.6. The molecule has 3 rings (SSSR count). The molecule has 17 heteroatoms. The Morgan fingerprint density at radius 2 is 1.19 bits per heavy atom. The summed E-state index contributed by atoms with van der Waals surface area (Å²) < 4.78 is 26.8. The highest BCUT2D eigenvalue weighted by Gasteiger charge is 2.53. The van der Waals surface area contributed by atoms with E-state index in [1.807, 2.05) is 0 Å². The number of carbonyl (C=O) groups is 1. The SMILES string of the molecule is CC(=O)NC1C(OC2C(CO)OC(OC3C(O)C(O)OC(CO)C3O)C(O)C2O)OC(CO)C(O)C1O. The lowest BCUT2D eigenvalue weighted by Gasteiger charge is -2.48. The van der Waals surface area contributed by atoms with Gasteiger partial charge in [-0.05, 0) is 0 Å². The van der Waals surface area contributed by atoms with Crippen LogP contribution in [-0.4, -0.2) is 169 Å². The first kappa shape index (κ1) is 30.4. The van der Waals surface area contributed by atoms with Crippen LogP contribution in [0.1, 0.15) is 6.92 Å². The number of rotatable bonds is 8. The van der Waals surface area contributed by atoms with Gasteiger partial charge in [-0.3, -0.25) is 4.79 Å². The molecule has 37 heavy (non-hydrogen) atoms. The fraction of sp³-hybridized carbons (Fsp3) is 0.950. The molecule has 17 nitrogen and oxygen atoms in total. The van der Waals surface area contributed by atoms with Crippen LogP contribution in [0.3, 0.4) is 0 Å². The molecule has 3 aliphatic heterocycles. The third-order valence-electron chi connectivity index (χ3n) is 6.49. The number of aliphatic hydroxyl groups is 10. The number of hydrogen-bond acceptors (Lipinski definition) is 16. The highest BCUT2D eigenvalue weighted by molar-refractivity contribution is 5.73. The molecule has 0 spiro atoms. The van der Waals surface area contributed by atoms with E-state index in [9.17, 15) is 55.9 Å². The van der Waals surface area contributed by atoms with Gasteiger partial charge in [-0.1, -0.05) is 0 Å². The van der Waals surface area contributed by atoms with E-state index in [1.54, 1.807) is 0 Å². The van der Waals surface area contributed by atoms with Gasteiger partial charge in [-0.25, -0.2) is 0 Å². The standard InChI is InChI=1S/C20H35NO16/c1-5(25)21-9-12(28)10(26)6(2-22)34-19(9)36-16-8(4-24)35-20(14(30)13(16)29)37-17-11(27)7(3-23)33-18(32)15(17)31/h6-20,22-24,26-32H,2-4H2,1H3,(H,21,25). The zero-order valence-electron chi connectivity index (χ0n) is 19.7. The summed E-state index contributed by atoms with van der Waals surface area (Å²) >= 11 is 0. The lowest BCUT2D eigenvalue weighted by Crippen LogP contribution is -2.68. The summed E-state index contributed by atoms with van der Waals surface area (Å²) in [6.07, 6.45) is -23.3. The molecule has 15 atom stereocenters. The van der Waals surface area contributed by atoms with Crippen LogP contribution >= 0.6 is 0 Å². The van der Waals surface area contributed by atoms with E-state index in [0.717, 1.165) is 6.92 Å². The molecule has 0 aromatic rings. The second-order valence-electron chi connectivity index (χ2n) is 9.07. The molecular formula is C20H35NO16. The minimum absolute atomic E-state index is 0.638. The summed E-state index contributed by atoms with van der Waals surface area (Å²) in [5.74, 6) is -0.638. The van der Waals surface area contributed by atoms with Crippen molar-refractivity contribution in [2.75, 3.05) is 19.8 Å². The van der Waals surface area contributed by atoms with Crippen molar-refractivity contribution in [3.63, 3.8) is 0 Å². The number of carbonyl (C=O) groups excluding carboxylic acids is 1. The second kappa shape index (κ2) is 12.8. The molecule has 3 fully saturated rings. The van der Waals surface area contributed by atoms with Crippen molar-refractivity contribution >= 4 is 5.91 Å². The monoisotopic (exact) mass is 545 g/mol. The smallest absolute Gasteiger partial charge is 0.217 e. The summed E-state index contributed by atoms with van der Waals surface area (Å²) in [4.78, 5) is 11.6. The predicted molar refractivity (Wildman–Crippen MR) is 113 cm³/mol. The normalized spacial score (nSPS) is 49.0. The molecule has 1 amide bonds. The van der Waals surface area contributed by atoms with Crippen molar-refractivity contribution in [2.45, 2.75) is 99.0 Å². The summed E-state index contributed by atoms with van der Waals surface area (Å²) in [6, 6.07) is -1.39. The number of aliphatic hydroxyl groups excluding tert-OH is 10. The minimum Gasteiger partial charge on any atom is -0.394 e. The maximum Gasteiger partial charge on any atom is 0.217 e. The third kappa shape index (κ3) is 6.38. The van der Waals surface area contributed by atoms with E-state index in [4.69, 9.17) is 23.7 Å². The molecular weight excluding hydrogens is 510 g/mol. The number of ether oxygens (including phenoxy) is 5.